The maximum absolute atomic E-state index is 13.1. The fourth-order valence-electron chi connectivity index (χ4n) is 3.02. The third-order valence-corrected chi connectivity index (χ3v) is 4.70. The minimum Gasteiger partial charge on any atom is -0.444 e. The minimum atomic E-state index is -4.65. The van der Waals surface area contributed by atoms with E-state index >= 15 is 0 Å². The number of rotatable bonds is 3. The van der Waals surface area contributed by atoms with Crippen molar-refractivity contribution in [3.63, 3.8) is 0 Å². The Kier molecular flexibility index (Phi) is 6.61. The molecule has 1 saturated heterocycles. The lowest BCUT2D eigenvalue weighted by atomic mass is 10.2. The van der Waals surface area contributed by atoms with Gasteiger partial charge in [-0.1, -0.05) is 29.8 Å². The topological polar surface area (TPSA) is 61.8 Å². The second-order valence-electron chi connectivity index (χ2n) is 7.94. The van der Waals surface area contributed by atoms with Crippen molar-refractivity contribution in [3.8, 4) is 0 Å². The van der Waals surface area contributed by atoms with Gasteiger partial charge in [0.05, 0.1) is 5.69 Å². The van der Waals surface area contributed by atoms with Crippen molar-refractivity contribution in [1.29, 1.82) is 0 Å². The third-order valence-electron chi connectivity index (χ3n) is 4.42. The Labute approximate surface area is 183 Å². The number of carbonyl (C=O) groups excluding carboxylic acids is 1. The van der Waals surface area contributed by atoms with Gasteiger partial charge in [-0.25, -0.2) is 19.8 Å². The van der Waals surface area contributed by atoms with Gasteiger partial charge in [-0.3, -0.25) is 0 Å². The zero-order valence-electron chi connectivity index (χ0n) is 17.4. The van der Waals surface area contributed by atoms with Gasteiger partial charge in [0, 0.05) is 32.4 Å². The summed E-state index contributed by atoms with van der Waals surface area (Å²) in [6.07, 6.45) is -4.38. The second kappa shape index (κ2) is 8.88. The molecule has 0 radical (unpaired) electrons. The van der Waals surface area contributed by atoms with Crippen LogP contribution in [0.1, 0.15) is 26.3 Å². The molecule has 11 heteroatoms. The molecule has 1 amide bonds. The number of benzene rings is 1. The molecule has 0 atom stereocenters. The molecule has 1 aromatic carbocycles. The maximum Gasteiger partial charge on any atom is 0.420 e. The van der Waals surface area contributed by atoms with Gasteiger partial charge in [-0.15, -0.1) is 0 Å². The van der Waals surface area contributed by atoms with E-state index in [1.54, 1.807) is 54.9 Å². The van der Waals surface area contributed by atoms with E-state index in [0.717, 1.165) is 0 Å². The van der Waals surface area contributed by atoms with Crippen LogP contribution in [0.25, 0.3) is 0 Å². The molecule has 1 fully saturated rings. The van der Waals surface area contributed by atoms with E-state index in [4.69, 9.17) is 16.3 Å². The van der Waals surface area contributed by atoms with Crippen molar-refractivity contribution in [2.75, 3.05) is 31.2 Å². The number of halogens is 4. The number of nitrogens with zero attached hydrogens (tertiary/aromatic N) is 5. The molecule has 2 heterocycles. The summed E-state index contributed by atoms with van der Waals surface area (Å²) in [4.78, 5) is 21.7. The fraction of sp³-hybridized carbons (Fsp3) is 0.450. The van der Waals surface area contributed by atoms with E-state index in [0.29, 0.717) is 38.1 Å². The molecule has 0 spiro atoms. The van der Waals surface area contributed by atoms with Gasteiger partial charge in [0.2, 0.25) is 5.95 Å². The Morgan fingerprint density at radius 3 is 2.23 bits per heavy atom. The molecule has 1 aliphatic rings. The van der Waals surface area contributed by atoms with Crippen molar-refractivity contribution in [2.45, 2.75) is 32.5 Å². The summed E-state index contributed by atoms with van der Waals surface area (Å²) in [6, 6.07) is 8.99. The Morgan fingerprint density at radius 1 is 1.10 bits per heavy atom. The average Bonchev–Trinajstić information content (AvgIpc) is 2.67. The lowest BCUT2D eigenvalue weighted by molar-refractivity contribution is -0.138. The predicted octanol–water partition coefficient (Wildman–Crippen LogP) is 4.75. The third kappa shape index (κ3) is 5.76. The second-order valence-corrected chi connectivity index (χ2v) is 8.30. The monoisotopic (exact) mass is 457 g/mol. The summed E-state index contributed by atoms with van der Waals surface area (Å²) in [6.45, 7) is 6.92. The van der Waals surface area contributed by atoms with Crippen LogP contribution < -0.4 is 5.01 Å². The number of ether oxygens (including phenoxy) is 1. The van der Waals surface area contributed by atoms with Crippen molar-refractivity contribution in [3.05, 3.63) is 47.2 Å². The summed E-state index contributed by atoms with van der Waals surface area (Å²) in [7, 11) is 0. The first-order chi connectivity index (χ1) is 14.5. The zero-order chi connectivity index (χ0) is 22.8. The van der Waals surface area contributed by atoms with Crippen molar-refractivity contribution in [1.82, 2.24) is 19.9 Å². The summed E-state index contributed by atoms with van der Waals surface area (Å²) in [5.41, 5.74) is -1.04. The number of alkyl halides is 3. The molecule has 2 aromatic rings. The number of hydrogen-bond donors (Lipinski definition) is 0. The van der Waals surface area contributed by atoms with Crippen LogP contribution in [-0.2, 0) is 10.9 Å². The van der Waals surface area contributed by atoms with E-state index in [2.05, 4.69) is 9.97 Å². The van der Waals surface area contributed by atoms with Gasteiger partial charge in [0.15, 0.2) is 0 Å². The summed E-state index contributed by atoms with van der Waals surface area (Å²) < 4.78 is 44.6. The molecule has 0 bridgehead atoms. The molecule has 1 aromatic heterocycles. The van der Waals surface area contributed by atoms with Crippen LogP contribution in [0.5, 0.6) is 0 Å². The number of piperazine rings is 1. The van der Waals surface area contributed by atoms with E-state index in [-0.39, 0.29) is 5.95 Å². The van der Waals surface area contributed by atoms with Crippen LogP contribution in [0.4, 0.5) is 29.6 Å². The lowest BCUT2D eigenvalue weighted by Gasteiger charge is -2.41. The van der Waals surface area contributed by atoms with Gasteiger partial charge < -0.3 is 9.64 Å². The molecule has 1 aliphatic heterocycles. The van der Waals surface area contributed by atoms with Gasteiger partial charge in [0.1, 0.15) is 16.3 Å². The first-order valence-electron chi connectivity index (χ1n) is 9.63. The number of anilines is 2. The van der Waals surface area contributed by atoms with Crippen LogP contribution in [-0.4, -0.2) is 57.8 Å². The number of aromatic nitrogens is 2. The Hall–Kier alpha value is -2.59. The molecule has 0 aliphatic carbocycles. The number of amides is 1. The van der Waals surface area contributed by atoms with E-state index in [1.165, 1.54) is 0 Å². The number of carbonyl (C=O) groups is 1. The SMILES string of the molecule is CC(C)(C)OC(=O)N1CCN(N(c2ccccc2)c2ncc(C(F)(F)F)c(Cl)n2)CC1. The average molecular weight is 458 g/mol. The summed E-state index contributed by atoms with van der Waals surface area (Å²) >= 11 is 5.82. The van der Waals surface area contributed by atoms with Crippen molar-refractivity contribution >= 4 is 29.3 Å². The lowest BCUT2D eigenvalue weighted by Crippen LogP contribution is -2.54. The van der Waals surface area contributed by atoms with Crippen molar-refractivity contribution in [2.24, 2.45) is 0 Å². The molecular formula is C20H23ClF3N5O2. The zero-order valence-corrected chi connectivity index (χ0v) is 18.1. The molecule has 7 nitrogen and oxygen atoms in total. The fourth-order valence-corrected chi connectivity index (χ4v) is 3.26. The molecule has 0 N–H and O–H groups in total. The standard InChI is InChI=1S/C20H23ClF3N5O2/c1-19(2,3)31-18(30)27-9-11-28(12-10-27)29(14-7-5-4-6-8-14)17-25-13-15(16(21)26-17)20(22,23)24/h4-8,13H,9-12H2,1-3H3. The van der Waals surface area contributed by atoms with Crippen LogP contribution in [0, 0.1) is 0 Å². The van der Waals surface area contributed by atoms with E-state index in [9.17, 15) is 18.0 Å². The Balaban J connectivity index is 1.84. The highest BCUT2D eigenvalue weighted by Gasteiger charge is 2.36. The maximum atomic E-state index is 13.1. The number of hydrazine groups is 1. The van der Waals surface area contributed by atoms with Gasteiger partial charge in [-0.05, 0) is 32.9 Å². The molecule has 168 valence electrons. The Morgan fingerprint density at radius 2 is 1.71 bits per heavy atom. The first-order valence-corrected chi connectivity index (χ1v) is 10.0. The van der Waals surface area contributed by atoms with Crippen LogP contribution >= 0.6 is 11.6 Å². The van der Waals surface area contributed by atoms with Gasteiger partial charge >= 0.3 is 12.3 Å². The highest BCUT2D eigenvalue weighted by atomic mass is 35.5. The van der Waals surface area contributed by atoms with E-state index in [1.807, 2.05) is 11.1 Å². The minimum absolute atomic E-state index is 0.00918. The van der Waals surface area contributed by atoms with E-state index < -0.39 is 28.6 Å². The van der Waals surface area contributed by atoms with Crippen LogP contribution in [0.15, 0.2) is 36.5 Å². The Bertz CT molecular complexity index is 913. The quantitative estimate of drug-likeness (QED) is 0.619. The normalized spacial score (nSPS) is 15.6. The predicted molar refractivity (Wildman–Crippen MR) is 110 cm³/mol. The summed E-state index contributed by atoms with van der Waals surface area (Å²) in [5, 5.41) is 2.79. The highest BCUT2D eigenvalue weighted by molar-refractivity contribution is 6.30. The highest BCUT2D eigenvalue weighted by Crippen LogP contribution is 2.35. The largest absolute Gasteiger partial charge is 0.444 e. The number of hydrogen-bond acceptors (Lipinski definition) is 6. The van der Waals surface area contributed by atoms with Gasteiger partial charge in [-0.2, -0.15) is 18.2 Å². The number of para-hydroxylation sites is 1. The molecular weight excluding hydrogens is 435 g/mol. The summed E-state index contributed by atoms with van der Waals surface area (Å²) in [5.74, 6) is 0.00918. The van der Waals surface area contributed by atoms with Crippen LogP contribution in [0.2, 0.25) is 5.15 Å². The molecule has 0 unspecified atom stereocenters. The van der Waals surface area contributed by atoms with Crippen LogP contribution in [0.3, 0.4) is 0 Å². The molecule has 0 saturated carbocycles. The van der Waals surface area contributed by atoms with Gasteiger partial charge in [0.25, 0.3) is 0 Å². The molecule has 3 rings (SSSR count). The first kappa shape index (κ1) is 23.1. The smallest absolute Gasteiger partial charge is 0.420 e. The van der Waals surface area contributed by atoms with Crippen molar-refractivity contribution < 1.29 is 22.7 Å². The molecule has 31 heavy (non-hydrogen) atoms.